The molecule has 1 aliphatic rings. The number of halogens is 4. The molecule has 1 N–H and O–H groups in total. The summed E-state index contributed by atoms with van der Waals surface area (Å²) >= 11 is 5.73. The van der Waals surface area contributed by atoms with Gasteiger partial charge in [0.15, 0.2) is 11.9 Å². The first-order chi connectivity index (χ1) is 11.8. The van der Waals surface area contributed by atoms with Crippen molar-refractivity contribution in [2.75, 3.05) is 0 Å². The minimum Gasteiger partial charge on any atom is -0.477 e. The highest BCUT2D eigenvalue weighted by Crippen LogP contribution is 2.41. The van der Waals surface area contributed by atoms with Gasteiger partial charge in [-0.05, 0) is 24.3 Å². The van der Waals surface area contributed by atoms with Crippen LogP contribution in [0.4, 0.5) is 18.0 Å². The molecule has 0 saturated carbocycles. The zero-order valence-electron chi connectivity index (χ0n) is 12.4. The Bertz CT molecular complexity index is 861. The highest BCUT2D eigenvalue weighted by molar-refractivity contribution is 6.31. The highest BCUT2D eigenvalue weighted by atomic mass is 35.5. The monoisotopic (exact) mass is 370 g/mol. The smallest absolute Gasteiger partial charge is 0.477 e. The Morgan fingerprint density at radius 1 is 1.20 bits per heavy atom. The second-order valence-corrected chi connectivity index (χ2v) is 5.59. The van der Waals surface area contributed by atoms with Crippen LogP contribution in [0.15, 0.2) is 48.2 Å². The fourth-order valence-corrected chi connectivity index (χ4v) is 2.76. The summed E-state index contributed by atoms with van der Waals surface area (Å²) in [5.41, 5.74) is -0.160. The maximum absolute atomic E-state index is 12.8. The van der Waals surface area contributed by atoms with Gasteiger partial charge in [0.2, 0.25) is 0 Å². The van der Waals surface area contributed by atoms with Gasteiger partial charge in [0, 0.05) is 11.1 Å². The minimum atomic E-state index is -4.59. The Hall–Kier alpha value is -2.67. The number of carboxylic acid groups (broad SMARTS) is 1. The van der Waals surface area contributed by atoms with E-state index in [0.29, 0.717) is 11.3 Å². The van der Waals surface area contributed by atoms with Crippen LogP contribution in [0.5, 0.6) is 5.75 Å². The molecular weight excluding hydrogens is 361 g/mol. The van der Waals surface area contributed by atoms with E-state index in [1.807, 2.05) is 0 Å². The molecule has 0 saturated heterocycles. The lowest BCUT2D eigenvalue weighted by Gasteiger charge is -2.26. The first-order valence-electron chi connectivity index (χ1n) is 7.00. The van der Waals surface area contributed by atoms with Crippen LogP contribution in [0.2, 0.25) is 5.02 Å². The van der Waals surface area contributed by atoms with Crippen molar-refractivity contribution in [3.8, 4) is 5.75 Å². The molecule has 2 aromatic carbocycles. The molecule has 0 bridgehead atoms. The summed E-state index contributed by atoms with van der Waals surface area (Å²) in [4.78, 5) is 10.9. The fraction of sp³-hybridized carbons (Fsp3) is 0.118. The van der Waals surface area contributed by atoms with E-state index in [1.165, 1.54) is 12.1 Å². The lowest BCUT2D eigenvalue weighted by molar-refractivity contribution is -0.137. The van der Waals surface area contributed by atoms with Crippen molar-refractivity contribution >= 4 is 23.8 Å². The van der Waals surface area contributed by atoms with E-state index in [9.17, 15) is 18.0 Å². The van der Waals surface area contributed by atoms with Crippen LogP contribution in [0.25, 0.3) is 6.08 Å². The summed E-state index contributed by atoms with van der Waals surface area (Å²) in [7, 11) is 0. The number of fused-ring (bicyclic) bond motifs is 1. The molecule has 1 atom stereocenters. The molecule has 0 radical (unpaired) electrons. The molecule has 1 unspecified atom stereocenters. The third-order valence-corrected chi connectivity index (χ3v) is 3.84. The molecule has 1 heterocycles. The maximum Gasteiger partial charge on any atom is 0.511 e. The van der Waals surface area contributed by atoms with E-state index < -0.39 is 29.0 Å². The van der Waals surface area contributed by atoms with Gasteiger partial charge in [-0.15, -0.1) is 0 Å². The molecule has 130 valence electrons. The summed E-state index contributed by atoms with van der Waals surface area (Å²) in [5, 5.41) is 8.38. The second kappa shape index (κ2) is 6.33. The molecule has 0 amide bonds. The first-order valence-corrected chi connectivity index (χ1v) is 7.38. The van der Waals surface area contributed by atoms with Gasteiger partial charge in [0.1, 0.15) is 5.75 Å². The number of ether oxygens (including phenoxy) is 2. The summed E-state index contributed by atoms with van der Waals surface area (Å²) in [6, 6.07) is 9.87. The Morgan fingerprint density at radius 3 is 2.56 bits per heavy atom. The average molecular weight is 371 g/mol. The third kappa shape index (κ3) is 3.56. The Morgan fingerprint density at radius 2 is 1.92 bits per heavy atom. The lowest BCUT2D eigenvalue weighted by Crippen LogP contribution is -2.19. The predicted octanol–water partition coefficient (Wildman–Crippen LogP) is 5.53. The van der Waals surface area contributed by atoms with Crippen molar-refractivity contribution in [3.05, 3.63) is 69.9 Å². The summed E-state index contributed by atoms with van der Waals surface area (Å²) in [6.45, 7) is 0. The van der Waals surface area contributed by atoms with E-state index in [2.05, 4.69) is 0 Å². The van der Waals surface area contributed by atoms with Crippen LogP contribution < -0.4 is 4.74 Å². The summed E-state index contributed by atoms with van der Waals surface area (Å²) < 4.78 is 49.0. The second-order valence-electron chi connectivity index (χ2n) is 5.19. The molecule has 0 aliphatic carbocycles. The van der Waals surface area contributed by atoms with Gasteiger partial charge in [-0.1, -0.05) is 35.9 Å². The Balaban J connectivity index is 2.03. The van der Waals surface area contributed by atoms with E-state index in [0.717, 1.165) is 12.1 Å². The molecule has 3 rings (SSSR count). The molecule has 0 fully saturated rings. The molecular formula is C17H10ClF3O4. The number of hydrogen-bond donors (Lipinski definition) is 1. The van der Waals surface area contributed by atoms with Crippen molar-refractivity contribution in [2.45, 2.75) is 12.3 Å². The van der Waals surface area contributed by atoms with Gasteiger partial charge in [0.25, 0.3) is 0 Å². The predicted molar refractivity (Wildman–Crippen MR) is 83.4 cm³/mol. The lowest BCUT2D eigenvalue weighted by atomic mass is 10.0. The average Bonchev–Trinajstić information content (AvgIpc) is 2.52. The molecule has 0 spiro atoms. The Kier molecular flexibility index (Phi) is 4.34. The van der Waals surface area contributed by atoms with Gasteiger partial charge in [-0.25, -0.2) is 4.79 Å². The number of benzene rings is 2. The van der Waals surface area contributed by atoms with Gasteiger partial charge < -0.3 is 14.6 Å². The summed E-state index contributed by atoms with van der Waals surface area (Å²) in [6.07, 6.45) is -5.72. The SMILES string of the molecule is O=C(O)OC1=Cc2ccccc2OC1c1ccc(C(F)(F)F)c(Cl)c1. The van der Waals surface area contributed by atoms with Crippen molar-refractivity contribution < 1.29 is 32.5 Å². The number of para-hydroxylation sites is 1. The van der Waals surface area contributed by atoms with Crippen molar-refractivity contribution in [3.63, 3.8) is 0 Å². The van der Waals surface area contributed by atoms with Crippen LogP contribution in [-0.2, 0) is 10.9 Å². The zero-order chi connectivity index (χ0) is 18.2. The fourth-order valence-electron chi connectivity index (χ4n) is 2.46. The molecule has 4 nitrogen and oxygen atoms in total. The summed E-state index contributed by atoms with van der Waals surface area (Å²) in [5.74, 6) is 0.378. The third-order valence-electron chi connectivity index (χ3n) is 3.53. The van der Waals surface area contributed by atoms with Gasteiger partial charge in [-0.3, -0.25) is 0 Å². The maximum atomic E-state index is 12.8. The molecule has 1 aliphatic heterocycles. The van der Waals surface area contributed by atoms with E-state index in [1.54, 1.807) is 24.3 Å². The van der Waals surface area contributed by atoms with Crippen LogP contribution in [0.1, 0.15) is 22.8 Å². The van der Waals surface area contributed by atoms with E-state index in [4.69, 9.17) is 26.2 Å². The topological polar surface area (TPSA) is 55.8 Å². The highest BCUT2D eigenvalue weighted by Gasteiger charge is 2.35. The normalized spacial score (nSPS) is 16.5. The van der Waals surface area contributed by atoms with Gasteiger partial charge in [0.05, 0.1) is 10.6 Å². The van der Waals surface area contributed by atoms with Crippen molar-refractivity contribution in [2.24, 2.45) is 0 Å². The van der Waals surface area contributed by atoms with Gasteiger partial charge >= 0.3 is 12.3 Å². The van der Waals surface area contributed by atoms with Crippen molar-refractivity contribution in [1.29, 1.82) is 0 Å². The quantitative estimate of drug-likeness (QED) is 0.706. The minimum absolute atomic E-state index is 0.0676. The standard InChI is InChI=1S/C17H10ClF3O4/c18-12-7-10(5-6-11(12)17(19,20)21)15-14(25-16(22)23)8-9-3-1-2-4-13(9)24-15/h1-8,15H,(H,22,23). The largest absolute Gasteiger partial charge is 0.511 e. The van der Waals surface area contributed by atoms with Gasteiger partial charge in [-0.2, -0.15) is 13.2 Å². The number of hydrogen-bond acceptors (Lipinski definition) is 3. The van der Waals surface area contributed by atoms with E-state index in [-0.39, 0.29) is 11.3 Å². The van der Waals surface area contributed by atoms with Crippen LogP contribution in [0, 0.1) is 0 Å². The van der Waals surface area contributed by atoms with Crippen LogP contribution in [-0.4, -0.2) is 11.3 Å². The number of alkyl halides is 3. The molecule has 2 aromatic rings. The molecule has 0 aromatic heterocycles. The van der Waals surface area contributed by atoms with Crippen LogP contribution in [0.3, 0.4) is 0 Å². The molecule has 8 heteroatoms. The number of carbonyl (C=O) groups is 1. The first kappa shape index (κ1) is 17.2. The Labute approximate surface area is 145 Å². The molecule has 25 heavy (non-hydrogen) atoms. The van der Waals surface area contributed by atoms with Crippen molar-refractivity contribution in [1.82, 2.24) is 0 Å². The van der Waals surface area contributed by atoms with Crippen LogP contribution >= 0.6 is 11.6 Å². The van der Waals surface area contributed by atoms with E-state index >= 15 is 0 Å². The zero-order valence-corrected chi connectivity index (χ0v) is 13.1. The number of rotatable bonds is 2.